The largest absolute Gasteiger partial charge is 0.311 e. The molecule has 0 unspecified atom stereocenters. The molecular formula is C45H36BrNSi. The van der Waals surface area contributed by atoms with Crippen molar-refractivity contribution in [2.75, 3.05) is 4.90 Å². The topological polar surface area (TPSA) is 3.24 Å². The number of rotatable bonds is 7. The minimum Gasteiger partial charge on any atom is -0.311 e. The molecule has 1 aliphatic rings. The smallest absolute Gasteiger partial charge is 0.181 e. The van der Waals surface area contributed by atoms with Crippen molar-refractivity contribution in [1.29, 1.82) is 0 Å². The first kappa shape index (κ1) is 30.4. The van der Waals surface area contributed by atoms with E-state index in [0.717, 1.165) is 15.8 Å². The molecule has 3 heteroatoms. The Balaban J connectivity index is 1.45. The Labute approximate surface area is 293 Å². The lowest BCUT2D eigenvalue weighted by molar-refractivity contribution is 0.660. The van der Waals surface area contributed by atoms with Gasteiger partial charge in [0.1, 0.15) is 0 Å². The van der Waals surface area contributed by atoms with E-state index in [0.29, 0.717) is 0 Å². The van der Waals surface area contributed by atoms with Crippen molar-refractivity contribution in [1.82, 2.24) is 0 Å². The Bertz CT molecular complexity index is 2190. The van der Waals surface area contributed by atoms with Gasteiger partial charge in [-0.15, -0.1) is 0 Å². The summed E-state index contributed by atoms with van der Waals surface area (Å²) in [6.45, 7) is 4.69. The van der Waals surface area contributed by atoms with Crippen LogP contribution in [0.4, 0.5) is 17.1 Å². The third-order valence-electron chi connectivity index (χ3n) is 10.1. The molecule has 8 rings (SSSR count). The quantitative estimate of drug-likeness (QED) is 0.118. The molecule has 0 saturated carbocycles. The number of para-hydroxylation sites is 2. The first-order chi connectivity index (χ1) is 23.5. The highest BCUT2D eigenvalue weighted by atomic mass is 79.9. The zero-order valence-corrected chi connectivity index (χ0v) is 29.7. The van der Waals surface area contributed by atoms with Crippen LogP contribution in [0.15, 0.2) is 186 Å². The second-order valence-electron chi connectivity index (χ2n) is 13.1. The summed E-state index contributed by atoms with van der Waals surface area (Å²) in [4.78, 5) is 2.48. The molecule has 0 heterocycles. The van der Waals surface area contributed by atoms with Crippen molar-refractivity contribution in [3.05, 3.63) is 198 Å². The Kier molecular flexibility index (Phi) is 7.75. The fourth-order valence-electron chi connectivity index (χ4n) is 7.90. The van der Waals surface area contributed by atoms with Crippen LogP contribution >= 0.6 is 15.9 Å². The minimum atomic E-state index is -2.88. The Morgan fingerprint density at radius 3 is 1.71 bits per heavy atom. The fraction of sp³-hybridized carbons (Fsp3) is 0.0667. The van der Waals surface area contributed by atoms with E-state index in [1.54, 1.807) is 0 Å². The van der Waals surface area contributed by atoms with Gasteiger partial charge in [0.15, 0.2) is 8.07 Å². The van der Waals surface area contributed by atoms with Gasteiger partial charge in [0.2, 0.25) is 0 Å². The molecule has 0 amide bonds. The summed E-state index contributed by atoms with van der Waals surface area (Å²) < 4.78 is 1.08. The van der Waals surface area contributed by atoms with Gasteiger partial charge >= 0.3 is 0 Å². The molecule has 1 aliphatic carbocycles. The van der Waals surface area contributed by atoms with Gasteiger partial charge in [-0.1, -0.05) is 169 Å². The number of fused-ring (bicyclic) bond motifs is 3. The second kappa shape index (κ2) is 12.2. The number of hydrogen-bond acceptors (Lipinski definition) is 1. The van der Waals surface area contributed by atoms with Gasteiger partial charge in [-0.2, -0.15) is 0 Å². The van der Waals surface area contributed by atoms with E-state index in [1.165, 1.54) is 48.7 Å². The van der Waals surface area contributed by atoms with Crippen LogP contribution in [0.25, 0.3) is 11.1 Å². The fourth-order valence-corrected chi connectivity index (χ4v) is 13.5. The first-order valence-corrected chi connectivity index (χ1v) is 19.3. The highest BCUT2D eigenvalue weighted by Crippen LogP contribution is 2.50. The Morgan fingerprint density at radius 1 is 0.458 bits per heavy atom. The lowest BCUT2D eigenvalue weighted by Gasteiger charge is -2.38. The first-order valence-electron chi connectivity index (χ1n) is 16.6. The van der Waals surface area contributed by atoms with Gasteiger partial charge in [-0.05, 0) is 85.5 Å². The molecule has 232 valence electrons. The summed E-state index contributed by atoms with van der Waals surface area (Å²) >= 11 is 3.86. The standard InChI is InChI=1S/C45H36BrNSi/c1-45(2)41-26-13-12-25-39(41)40-32-35(29-30-42(40)45)47(34-18-6-3-7-19-34)43-27-14-15-28-44(43)48(36-20-8-4-9-21-36,37-22-10-5-11-23-37)38-24-16-17-33(46)31-38/h3-32H,1-2H3. The van der Waals surface area contributed by atoms with E-state index < -0.39 is 8.07 Å². The number of hydrogen-bond donors (Lipinski definition) is 0. The van der Waals surface area contributed by atoms with Gasteiger partial charge in [0.25, 0.3) is 0 Å². The molecular weight excluding hydrogens is 662 g/mol. The maximum atomic E-state index is 3.86. The molecule has 48 heavy (non-hydrogen) atoms. The molecule has 0 aromatic heterocycles. The van der Waals surface area contributed by atoms with E-state index in [9.17, 15) is 0 Å². The van der Waals surface area contributed by atoms with Crippen LogP contribution < -0.4 is 25.6 Å². The Hall–Kier alpha value is -4.96. The predicted molar refractivity (Wildman–Crippen MR) is 210 cm³/mol. The number of nitrogens with zero attached hydrogens (tertiary/aromatic N) is 1. The van der Waals surface area contributed by atoms with Gasteiger partial charge in [0.05, 0.1) is 0 Å². The summed E-state index contributed by atoms with van der Waals surface area (Å²) in [6, 6.07) is 67.3. The molecule has 7 aromatic carbocycles. The summed E-state index contributed by atoms with van der Waals surface area (Å²) in [5, 5.41) is 5.36. The maximum absolute atomic E-state index is 3.86. The van der Waals surface area contributed by atoms with Gasteiger partial charge < -0.3 is 4.90 Å². The summed E-state index contributed by atoms with van der Waals surface area (Å²) in [5.41, 5.74) is 8.82. The van der Waals surface area contributed by atoms with Crippen molar-refractivity contribution < 1.29 is 0 Å². The van der Waals surface area contributed by atoms with Crippen LogP contribution in [-0.2, 0) is 5.41 Å². The molecule has 0 aliphatic heterocycles. The number of anilines is 3. The second-order valence-corrected chi connectivity index (χ2v) is 17.8. The maximum Gasteiger partial charge on any atom is 0.181 e. The van der Waals surface area contributed by atoms with Crippen LogP contribution in [0.5, 0.6) is 0 Å². The predicted octanol–water partition coefficient (Wildman–Crippen LogP) is 9.60. The van der Waals surface area contributed by atoms with Crippen LogP contribution in [0, 0.1) is 0 Å². The Morgan fingerprint density at radius 2 is 1.02 bits per heavy atom. The zero-order valence-electron chi connectivity index (χ0n) is 27.1. The molecule has 1 nitrogen and oxygen atoms in total. The van der Waals surface area contributed by atoms with Crippen molar-refractivity contribution in [3.8, 4) is 11.1 Å². The molecule has 0 spiro atoms. The lowest BCUT2D eigenvalue weighted by Crippen LogP contribution is -2.75. The number of halogens is 1. The molecule has 0 fully saturated rings. The minimum absolute atomic E-state index is 0.0523. The van der Waals surface area contributed by atoms with E-state index in [2.05, 4.69) is 217 Å². The average Bonchev–Trinajstić information content (AvgIpc) is 3.36. The van der Waals surface area contributed by atoms with Crippen LogP contribution in [0.1, 0.15) is 25.0 Å². The van der Waals surface area contributed by atoms with E-state index >= 15 is 0 Å². The van der Waals surface area contributed by atoms with Crippen LogP contribution in [-0.4, -0.2) is 8.07 Å². The molecule has 0 radical (unpaired) electrons. The molecule has 0 saturated heterocycles. The molecule has 7 aromatic rings. The third kappa shape index (κ3) is 4.89. The molecule has 0 bridgehead atoms. The SMILES string of the molecule is CC1(C)c2ccccc2-c2cc(N(c3ccccc3)c3ccccc3[Si](c3ccccc3)(c3ccccc3)c3cccc(Br)c3)ccc21. The summed E-state index contributed by atoms with van der Waals surface area (Å²) in [5.74, 6) is 0. The number of benzene rings is 7. The summed E-state index contributed by atoms with van der Waals surface area (Å²) in [6.07, 6.45) is 0. The van der Waals surface area contributed by atoms with Gasteiger partial charge in [0, 0.05) is 26.9 Å². The highest BCUT2D eigenvalue weighted by molar-refractivity contribution is 9.10. The van der Waals surface area contributed by atoms with Crippen LogP contribution in [0.2, 0.25) is 0 Å². The van der Waals surface area contributed by atoms with E-state index in [4.69, 9.17) is 0 Å². The molecule has 0 N–H and O–H groups in total. The van der Waals surface area contributed by atoms with Crippen molar-refractivity contribution in [2.24, 2.45) is 0 Å². The van der Waals surface area contributed by atoms with Crippen LogP contribution in [0.3, 0.4) is 0 Å². The average molecular weight is 699 g/mol. The third-order valence-corrected chi connectivity index (χ3v) is 15.4. The van der Waals surface area contributed by atoms with Gasteiger partial charge in [-0.3, -0.25) is 0 Å². The highest BCUT2D eigenvalue weighted by Gasteiger charge is 2.44. The van der Waals surface area contributed by atoms with Gasteiger partial charge in [-0.25, -0.2) is 0 Å². The lowest BCUT2D eigenvalue weighted by atomic mass is 9.82. The molecule has 0 atom stereocenters. The van der Waals surface area contributed by atoms with E-state index in [1.807, 2.05) is 0 Å². The zero-order chi connectivity index (χ0) is 32.7. The normalized spacial score (nSPS) is 13.1. The van der Waals surface area contributed by atoms with E-state index in [-0.39, 0.29) is 5.41 Å². The summed E-state index contributed by atoms with van der Waals surface area (Å²) in [7, 11) is -2.88. The van der Waals surface area contributed by atoms with Crippen molar-refractivity contribution in [3.63, 3.8) is 0 Å². The van der Waals surface area contributed by atoms with Crippen molar-refractivity contribution in [2.45, 2.75) is 19.3 Å². The van der Waals surface area contributed by atoms with Crippen molar-refractivity contribution >= 4 is 61.8 Å². The monoisotopic (exact) mass is 697 g/mol.